The number of halogens is 1. The number of fused-ring (bicyclic) bond motifs is 1. The highest BCUT2D eigenvalue weighted by Crippen LogP contribution is 2.33. The quantitative estimate of drug-likeness (QED) is 0.721. The molecule has 0 saturated heterocycles. The average Bonchev–Trinajstić information content (AvgIpc) is 3.10. The van der Waals surface area contributed by atoms with Crippen molar-refractivity contribution in [3.05, 3.63) is 71.2 Å². The van der Waals surface area contributed by atoms with Gasteiger partial charge in [-0.15, -0.1) is 0 Å². The molecule has 0 unspecified atom stereocenters. The van der Waals surface area contributed by atoms with Crippen LogP contribution in [-0.4, -0.2) is 15.0 Å². The second-order valence-electron chi connectivity index (χ2n) is 6.22. The number of ether oxygens (including phenoxy) is 1. The van der Waals surface area contributed by atoms with Crippen molar-refractivity contribution >= 4 is 0 Å². The van der Waals surface area contributed by atoms with Crippen LogP contribution >= 0.6 is 0 Å². The summed E-state index contributed by atoms with van der Waals surface area (Å²) in [4.78, 5) is 13.3. The zero-order valence-corrected chi connectivity index (χ0v) is 14.0. The van der Waals surface area contributed by atoms with Gasteiger partial charge in [-0.05, 0) is 55.0 Å². The van der Waals surface area contributed by atoms with Crippen molar-refractivity contribution in [2.75, 3.05) is 0 Å². The maximum Gasteiger partial charge on any atom is 0.214 e. The molecule has 0 bridgehead atoms. The molecule has 0 saturated carbocycles. The molecule has 1 aliphatic carbocycles. The second kappa shape index (κ2) is 6.59. The molecule has 2 heterocycles. The third-order valence-electron chi connectivity index (χ3n) is 4.42. The number of hydrogen-bond donors (Lipinski definition) is 0. The summed E-state index contributed by atoms with van der Waals surface area (Å²) in [6, 6.07) is 8.27. The molecule has 4 rings (SSSR count). The Morgan fingerprint density at radius 1 is 1.08 bits per heavy atom. The first-order valence-corrected chi connectivity index (χ1v) is 8.38. The lowest BCUT2D eigenvalue weighted by Crippen LogP contribution is -2.01. The van der Waals surface area contributed by atoms with Gasteiger partial charge >= 0.3 is 0 Å². The van der Waals surface area contributed by atoms with E-state index in [2.05, 4.69) is 15.0 Å². The Balaban J connectivity index is 1.63. The van der Waals surface area contributed by atoms with Gasteiger partial charge in [-0.25, -0.2) is 19.3 Å². The molecule has 0 N–H and O–H groups in total. The van der Waals surface area contributed by atoms with Crippen LogP contribution < -0.4 is 4.74 Å². The molecule has 2 aromatic heterocycles. The summed E-state index contributed by atoms with van der Waals surface area (Å²) in [5, 5.41) is 0. The summed E-state index contributed by atoms with van der Waals surface area (Å²) in [5.41, 5.74) is 5.34. The highest BCUT2D eigenvalue weighted by atomic mass is 19.1. The monoisotopic (exact) mass is 335 g/mol. The van der Waals surface area contributed by atoms with E-state index in [4.69, 9.17) is 4.74 Å². The van der Waals surface area contributed by atoms with Crippen molar-refractivity contribution in [1.82, 2.24) is 15.0 Å². The fourth-order valence-corrected chi connectivity index (χ4v) is 3.12. The Hall–Kier alpha value is -2.82. The smallest absolute Gasteiger partial charge is 0.214 e. The first-order chi connectivity index (χ1) is 12.2. The van der Waals surface area contributed by atoms with Crippen molar-refractivity contribution in [3.8, 4) is 17.0 Å². The summed E-state index contributed by atoms with van der Waals surface area (Å²) in [6.45, 7) is 2.23. The van der Waals surface area contributed by atoms with Gasteiger partial charge in [0.2, 0.25) is 5.88 Å². The standard InChI is InChI=1S/C20H18FN3O/c1-13-22-10-15(11-23-13)18-9-20(24-19-4-2-3-17(18)19)25-12-14-5-7-16(21)8-6-14/h5-11H,2-4,12H2,1H3. The summed E-state index contributed by atoms with van der Waals surface area (Å²) >= 11 is 0. The molecule has 0 fully saturated rings. The van der Waals surface area contributed by atoms with Crippen molar-refractivity contribution in [3.63, 3.8) is 0 Å². The summed E-state index contributed by atoms with van der Waals surface area (Å²) in [6.07, 6.45) is 6.77. The Morgan fingerprint density at radius 3 is 2.60 bits per heavy atom. The molecule has 4 nitrogen and oxygen atoms in total. The minimum atomic E-state index is -0.249. The molecule has 0 atom stereocenters. The van der Waals surface area contributed by atoms with Crippen LogP contribution in [0.2, 0.25) is 0 Å². The first-order valence-electron chi connectivity index (χ1n) is 8.38. The zero-order valence-electron chi connectivity index (χ0n) is 14.0. The molecule has 0 spiro atoms. The summed E-state index contributed by atoms with van der Waals surface area (Å²) in [5.74, 6) is 1.09. The molecule has 1 aromatic carbocycles. The average molecular weight is 335 g/mol. The van der Waals surface area contributed by atoms with E-state index in [1.165, 1.54) is 17.7 Å². The number of nitrogens with zero attached hydrogens (tertiary/aromatic N) is 3. The number of aromatic nitrogens is 3. The molecule has 0 radical (unpaired) electrons. The Morgan fingerprint density at radius 2 is 1.84 bits per heavy atom. The van der Waals surface area contributed by atoms with E-state index in [9.17, 15) is 4.39 Å². The highest BCUT2D eigenvalue weighted by molar-refractivity contribution is 5.68. The van der Waals surface area contributed by atoms with Crippen molar-refractivity contribution < 1.29 is 9.13 Å². The van der Waals surface area contributed by atoms with Crippen LogP contribution in [0.15, 0.2) is 42.7 Å². The van der Waals surface area contributed by atoms with Gasteiger partial charge in [-0.2, -0.15) is 0 Å². The molecule has 0 aliphatic heterocycles. The Kier molecular flexibility index (Phi) is 4.14. The molecule has 3 aromatic rings. The summed E-state index contributed by atoms with van der Waals surface area (Å²) in [7, 11) is 0. The molecular weight excluding hydrogens is 317 g/mol. The number of benzene rings is 1. The van der Waals surface area contributed by atoms with Crippen LogP contribution in [0.25, 0.3) is 11.1 Å². The van der Waals surface area contributed by atoms with Gasteiger partial charge in [0.1, 0.15) is 18.2 Å². The number of pyridine rings is 1. The number of rotatable bonds is 4. The zero-order chi connectivity index (χ0) is 17.2. The molecule has 1 aliphatic rings. The van der Waals surface area contributed by atoms with E-state index in [1.54, 1.807) is 12.1 Å². The van der Waals surface area contributed by atoms with Gasteiger partial charge in [0.05, 0.1) is 0 Å². The van der Waals surface area contributed by atoms with E-state index in [0.717, 1.165) is 47.5 Å². The fourth-order valence-electron chi connectivity index (χ4n) is 3.12. The molecular formula is C20H18FN3O. The fraction of sp³-hybridized carbons (Fsp3) is 0.250. The SMILES string of the molecule is Cc1ncc(-c2cc(OCc3ccc(F)cc3)nc3c2CCC3)cn1. The van der Waals surface area contributed by atoms with Gasteiger partial charge in [0, 0.05) is 29.7 Å². The lowest BCUT2D eigenvalue weighted by atomic mass is 10.0. The maximum absolute atomic E-state index is 13.0. The minimum Gasteiger partial charge on any atom is -0.473 e. The Bertz CT molecular complexity index is 892. The van der Waals surface area contributed by atoms with Crippen molar-refractivity contribution in [2.24, 2.45) is 0 Å². The van der Waals surface area contributed by atoms with Crippen LogP contribution in [0.3, 0.4) is 0 Å². The lowest BCUT2D eigenvalue weighted by Gasteiger charge is -2.12. The normalized spacial score (nSPS) is 12.9. The minimum absolute atomic E-state index is 0.249. The largest absolute Gasteiger partial charge is 0.473 e. The predicted molar refractivity (Wildman–Crippen MR) is 92.8 cm³/mol. The van der Waals surface area contributed by atoms with E-state index >= 15 is 0 Å². The van der Waals surface area contributed by atoms with Gasteiger partial charge in [-0.1, -0.05) is 12.1 Å². The number of hydrogen-bond acceptors (Lipinski definition) is 4. The van der Waals surface area contributed by atoms with E-state index in [0.29, 0.717) is 12.5 Å². The van der Waals surface area contributed by atoms with Crippen LogP contribution in [0.1, 0.15) is 29.1 Å². The van der Waals surface area contributed by atoms with Crippen LogP contribution in [0.5, 0.6) is 5.88 Å². The van der Waals surface area contributed by atoms with Gasteiger partial charge in [-0.3, -0.25) is 0 Å². The predicted octanol–water partition coefficient (Wildman–Crippen LogP) is 4.05. The van der Waals surface area contributed by atoms with E-state index in [-0.39, 0.29) is 5.82 Å². The van der Waals surface area contributed by atoms with Gasteiger partial charge in [0.25, 0.3) is 0 Å². The van der Waals surface area contributed by atoms with Crippen molar-refractivity contribution in [1.29, 1.82) is 0 Å². The first kappa shape index (κ1) is 15.7. The van der Waals surface area contributed by atoms with E-state index in [1.807, 2.05) is 25.4 Å². The Labute approximate surface area is 145 Å². The molecule has 126 valence electrons. The highest BCUT2D eigenvalue weighted by Gasteiger charge is 2.20. The maximum atomic E-state index is 13.0. The lowest BCUT2D eigenvalue weighted by molar-refractivity contribution is 0.293. The van der Waals surface area contributed by atoms with Gasteiger partial charge in [0.15, 0.2) is 0 Å². The third kappa shape index (κ3) is 3.36. The topological polar surface area (TPSA) is 47.9 Å². The second-order valence-corrected chi connectivity index (χ2v) is 6.22. The van der Waals surface area contributed by atoms with Gasteiger partial charge < -0.3 is 4.74 Å². The molecule has 5 heteroatoms. The number of aryl methyl sites for hydroxylation is 2. The van der Waals surface area contributed by atoms with E-state index < -0.39 is 0 Å². The third-order valence-corrected chi connectivity index (χ3v) is 4.42. The van der Waals surface area contributed by atoms with Crippen LogP contribution in [-0.2, 0) is 19.4 Å². The van der Waals surface area contributed by atoms with Crippen LogP contribution in [0.4, 0.5) is 4.39 Å². The molecule has 0 amide bonds. The van der Waals surface area contributed by atoms with Crippen molar-refractivity contribution in [2.45, 2.75) is 32.8 Å². The summed E-state index contributed by atoms with van der Waals surface area (Å²) < 4.78 is 18.9. The van der Waals surface area contributed by atoms with Crippen LogP contribution in [0, 0.1) is 12.7 Å². The molecule has 25 heavy (non-hydrogen) atoms.